The second kappa shape index (κ2) is 9.73. The molecule has 8 heteroatoms. The normalized spacial score (nSPS) is 17.1. The topological polar surface area (TPSA) is 63.7 Å². The highest BCUT2D eigenvalue weighted by molar-refractivity contribution is 5.73. The minimum absolute atomic E-state index is 0.0154. The highest BCUT2D eigenvalue weighted by Crippen LogP contribution is 2.29. The predicted molar refractivity (Wildman–Crippen MR) is 110 cm³/mol. The van der Waals surface area contributed by atoms with Crippen molar-refractivity contribution in [3.63, 3.8) is 0 Å². The lowest BCUT2D eigenvalue weighted by Crippen LogP contribution is -2.25. The van der Waals surface area contributed by atoms with Crippen LogP contribution in [0, 0.1) is 6.92 Å². The van der Waals surface area contributed by atoms with E-state index < -0.39 is 13.0 Å². The quantitative estimate of drug-likeness (QED) is 0.703. The molecule has 2 aromatic rings. The summed E-state index contributed by atoms with van der Waals surface area (Å²) < 4.78 is 35.9. The molecular formula is C22H27F2N3O3. The summed E-state index contributed by atoms with van der Waals surface area (Å²) in [4.78, 5) is 17.4. The van der Waals surface area contributed by atoms with Gasteiger partial charge in [-0.25, -0.2) is 13.8 Å². The largest absolute Gasteiger partial charge is 0.489 e. The standard InChI is InChI=1S/C22H27F2N3O3/c1-14-11-25-22(29-13-21(23)24)10-20(14)27-9-8-19(12-27)30-18-6-4-17(5-7-18)15(2)26-16(3)28/h4-7,10-11,15,19,21H,8-9,12-13H2,1-3H3,(H,26,28)/t15-,19+/m0/s1. The van der Waals surface area contributed by atoms with Gasteiger partial charge < -0.3 is 19.7 Å². The van der Waals surface area contributed by atoms with Crippen LogP contribution >= 0.6 is 0 Å². The van der Waals surface area contributed by atoms with Crippen LogP contribution in [0.4, 0.5) is 14.5 Å². The van der Waals surface area contributed by atoms with Crippen LogP contribution in [0.5, 0.6) is 11.6 Å². The molecule has 0 saturated carbocycles. The summed E-state index contributed by atoms with van der Waals surface area (Å²) >= 11 is 0. The number of carbonyl (C=O) groups excluding carboxylic acids is 1. The number of alkyl halides is 2. The lowest BCUT2D eigenvalue weighted by Gasteiger charge is -2.22. The van der Waals surface area contributed by atoms with Crippen LogP contribution in [0.15, 0.2) is 36.5 Å². The maximum absolute atomic E-state index is 12.4. The smallest absolute Gasteiger partial charge is 0.272 e. The van der Waals surface area contributed by atoms with Gasteiger partial charge in [0.05, 0.1) is 12.6 Å². The average Bonchev–Trinajstić information content (AvgIpc) is 3.15. The zero-order valence-electron chi connectivity index (χ0n) is 17.4. The molecular weight excluding hydrogens is 392 g/mol. The Labute approximate surface area is 175 Å². The van der Waals surface area contributed by atoms with E-state index in [2.05, 4.69) is 15.2 Å². The fourth-order valence-corrected chi connectivity index (χ4v) is 3.52. The molecule has 30 heavy (non-hydrogen) atoms. The molecule has 0 bridgehead atoms. The SMILES string of the molecule is CC(=O)N[C@@H](C)c1ccc(O[C@@H]2CCN(c3cc(OCC(F)F)ncc3C)C2)cc1. The van der Waals surface area contributed by atoms with E-state index in [4.69, 9.17) is 9.47 Å². The number of aryl methyl sites for hydroxylation is 1. The van der Waals surface area contributed by atoms with E-state index in [9.17, 15) is 13.6 Å². The molecule has 3 rings (SSSR count). The molecule has 6 nitrogen and oxygen atoms in total. The van der Waals surface area contributed by atoms with E-state index >= 15 is 0 Å². The van der Waals surface area contributed by atoms with Gasteiger partial charge in [-0.2, -0.15) is 0 Å². The van der Waals surface area contributed by atoms with Crippen molar-refractivity contribution < 1.29 is 23.0 Å². The van der Waals surface area contributed by atoms with Gasteiger partial charge in [0.25, 0.3) is 6.43 Å². The number of ether oxygens (including phenoxy) is 2. The Bertz CT molecular complexity index is 861. The van der Waals surface area contributed by atoms with E-state index in [0.29, 0.717) is 6.54 Å². The number of nitrogens with one attached hydrogen (secondary N) is 1. The molecule has 0 aliphatic carbocycles. The molecule has 2 atom stereocenters. The van der Waals surface area contributed by atoms with Gasteiger partial charge >= 0.3 is 0 Å². The number of rotatable bonds is 8. The van der Waals surface area contributed by atoms with Crippen molar-refractivity contribution in [1.82, 2.24) is 10.3 Å². The molecule has 2 heterocycles. The molecule has 1 aromatic carbocycles. The molecule has 0 spiro atoms. The van der Waals surface area contributed by atoms with Gasteiger partial charge in [-0.1, -0.05) is 12.1 Å². The Morgan fingerprint density at radius 3 is 2.73 bits per heavy atom. The molecule has 1 saturated heterocycles. The molecule has 162 valence electrons. The van der Waals surface area contributed by atoms with Gasteiger partial charge in [0.1, 0.15) is 11.9 Å². The van der Waals surface area contributed by atoms with Gasteiger partial charge in [-0.05, 0) is 37.1 Å². The summed E-state index contributed by atoms with van der Waals surface area (Å²) in [5.74, 6) is 0.903. The summed E-state index contributed by atoms with van der Waals surface area (Å²) in [7, 11) is 0. The third kappa shape index (κ3) is 5.81. The number of pyridine rings is 1. The third-order valence-corrected chi connectivity index (χ3v) is 5.00. The Kier molecular flexibility index (Phi) is 7.07. The van der Waals surface area contributed by atoms with Crippen molar-refractivity contribution in [2.24, 2.45) is 0 Å². The molecule has 0 radical (unpaired) electrons. The zero-order chi connectivity index (χ0) is 21.7. The maximum Gasteiger partial charge on any atom is 0.272 e. The number of hydrogen-bond acceptors (Lipinski definition) is 5. The fourth-order valence-electron chi connectivity index (χ4n) is 3.52. The van der Waals surface area contributed by atoms with Crippen molar-refractivity contribution in [2.75, 3.05) is 24.6 Å². The van der Waals surface area contributed by atoms with E-state index in [1.807, 2.05) is 38.1 Å². The maximum atomic E-state index is 12.4. The van der Waals surface area contributed by atoms with E-state index in [1.165, 1.54) is 6.92 Å². The Morgan fingerprint density at radius 1 is 1.33 bits per heavy atom. The van der Waals surface area contributed by atoms with Crippen molar-refractivity contribution in [3.05, 3.63) is 47.7 Å². The number of carbonyl (C=O) groups is 1. The van der Waals surface area contributed by atoms with Crippen LogP contribution in [0.25, 0.3) is 0 Å². The molecule has 1 fully saturated rings. The molecule has 1 aliphatic rings. The second-order valence-corrected chi connectivity index (χ2v) is 7.48. The summed E-state index contributed by atoms with van der Waals surface area (Å²) in [6.45, 7) is 6.17. The predicted octanol–water partition coefficient (Wildman–Crippen LogP) is 3.89. The van der Waals surface area contributed by atoms with E-state index in [1.54, 1.807) is 12.3 Å². The van der Waals surface area contributed by atoms with Crippen molar-refractivity contribution in [3.8, 4) is 11.6 Å². The fraction of sp³-hybridized carbons (Fsp3) is 0.455. The van der Waals surface area contributed by atoms with Gasteiger partial charge in [0.2, 0.25) is 11.8 Å². The highest BCUT2D eigenvalue weighted by atomic mass is 19.3. The first-order valence-electron chi connectivity index (χ1n) is 9.98. The van der Waals surface area contributed by atoms with Gasteiger partial charge in [-0.3, -0.25) is 4.79 Å². The average molecular weight is 419 g/mol. The number of halogens is 2. The van der Waals surface area contributed by atoms with Gasteiger partial charge in [-0.15, -0.1) is 0 Å². The first kappa shape index (κ1) is 21.8. The lowest BCUT2D eigenvalue weighted by atomic mass is 10.1. The van der Waals surface area contributed by atoms with Crippen molar-refractivity contribution >= 4 is 11.6 Å². The minimum Gasteiger partial charge on any atom is -0.489 e. The van der Waals surface area contributed by atoms with Crippen LogP contribution < -0.4 is 19.7 Å². The Balaban J connectivity index is 1.59. The molecule has 1 aliphatic heterocycles. The molecule has 1 aromatic heterocycles. The summed E-state index contributed by atoms with van der Waals surface area (Å²) in [6.07, 6.45) is -0.0337. The van der Waals surface area contributed by atoms with Crippen LogP contribution in [-0.2, 0) is 4.79 Å². The minimum atomic E-state index is -2.53. The number of nitrogens with zero attached hydrogens (tertiary/aromatic N) is 2. The Morgan fingerprint density at radius 2 is 2.07 bits per heavy atom. The number of hydrogen-bond donors (Lipinski definition) is 1. The van der Waals surface area contributed by atoms with Crippen LogP contribution in [0.2, 0.25) is 0 Å². The van der Waals surface area contributed by atoms with Gasteiger partial charge in [0.15, 0.2) is 6.61 Å². The molecule has 1 N–H and O–H groups in total. The first-order chi connectivity index (χ1) is 14.3. The van der Waals surface area contributed by atoms with Crippen LogP contribution in [-0.4, -0.2) is 43.1 Å². The highest BCUT2D eigenvalue weighted by Gasteiger charge is 2.26. The number of anilines is 1. The molecule has 0 unspecified atom stereocenters. The molecule has 1 amide bonds. The summed E-state index contributed by atoms with van der Waals surface area (Å²) in [5.41, 5.74) is 2.88. The van der Waals surface area contributed by atoms with Gasteiger partial charge in [0, 0.05) is 37.8 Å². The Hall–Kier alpha value is -2.90. The second-order valence-electron chi connectivity index (χ2n) is 7.48. The monoisotopic (exact) mass is 419 g/mol. The van der Waals surface area contributed by atoms with E-state index in [0.717, 1.165) is 35.5 Å². The first-order valence-corrected chi connectivity index (χ1v) is 9.98. The van der Waals surface area contributed by atoms with Crippen LogP contribution in [0.1, 0.15) is 37.4 Å². The summed E-state index contributed by atoms with van der Waals surface area (Å²) in [6, 6.07) is 9.35. The van der Waals surface area contributed by atoms with Crippen molar-refractivity contribution in [2.45, 2.75) is 45.8 Å². The number of amides is 1. The zero-order valence-corrected chi connectivity index (χ0v) is 17.4. The summed E-state index contributed by atoms with van der Waals surface area (Å²) in [5, 5.41) is 2.86. The number of benzene rings is 1. The number of aromatic nitrogens is 1. The third-order valence-electron chi connectivity index (χ3n) is 5.00. The van der Waals surface area contributed by atoms with Crippen LogP contribution in [0.3, 0.4) is 0 Å². The lowest BCUT2D eigenvalue weighted by molar-refractivity contribution is -0.119. The van der Waals surface area contributed by atoms with Crippen molar-refractivity contribution in [1.29, 1.82) is 0 Å². The van der Waals surface area contributed by atoms with E-state index in [-0.39, 0.29) is 23.9 Å².